The quantitative estimate of drug-likeness (QED) is 0.175. The van der Waals surface area contributed by atoms with Gasteiger partial charge in [0, 0.05) is 25.9 Å². The Hall–Kier alpha value is -3.07. The van der Waals surface area contributed by atoms with Crippen LogP contribution in [0.4, 0.5) is 5.95 Å². The Kier molecular flexibility index (Phi) is 7.32. The van der Waals surface area contributed by atoms with Gasteiger partial charge in [0.25, 0.3) is 0 Å². The number of carbonyl (C=O) groups excluding carboxylic acids is 3. The zero-order valence-electron chi connectivity index (χ0n) is 17.9. The molecule has 0 unspecified atom stereocenters. The van der Waals surface area contributed by atoms with Gasteiger partial charge in [-0.15, -0.1) is 4.68 Å². The zero-order valence-corrected chi connectivity index (χ0v) is 18.9. The second-order valence-corrected chi connectivity index (χ2v) is 12.1. The first-order valence-electron chi connectivity index (χ1n) is 9.21. The molecule has 0 aromatic carbocycles. The predicted octanol–water partition coefficient (Wildman–Crippen LogP) is 0.724. The van der Waals surface area contributed by atoms with E-state index in [1.807, 2.05) is 19.6 Å². The fourth-order valence-electron chi connectivity index (χ4n) is 2.77. The molecule has 0 amide bonds. The van der Waals surface area contributed by atoms with Gasteiger partial charge in [-0.25, -0.2) is 0 Å². The van der Waals surface area contributed by atoms with Gasteiger partial charge in [-0.2, -0.15) is 0 Å². The third-order valence-corrected chi connectivity index (χ3v) is 4.53. The zero-order chi connectivity index (χ0) is 23.5. The lowest BCUT2D eigenvalue weighted by atomic mass is 10.1. The molecule has 1 aromatic heterocycles. The highest BCUT2D eigenvalue weighted by Gasteiger charge is 2.53. The van der Waals surface area contributed by atoms with Gasteiger partial charge >= 0.3 is 29.9 Å². The number of ether oxygens (including phenoxy) is 4. The van der Waals surface area contributed by atoms with Gasteiger partial charge in [0.05, 0.1) is 0 Å². The lowest BCUT2D eigenvalue weighted by molar-refractivity contribution is -0.394. The summed E-state index contributed by atoms with van der Waals surface area (Å²) < 4.78 is 28.1. The van der Waals surface area contributed by atoms with Crippen LogP contribution in [0.25, 0.3) is 0 Å². The van der Waals surface area contributed by atoms with Crippen LogP contribution in [0.3, 0.4) is 0 Å². The van der Waals surface area contributed by atoms with E-state index in [-0.39, 0.29) is 12.6 Å². The van der Waals surface area contributed by atoms with Crippen LogP contribution in [0.2, 0.25) is 19.6 Å². The van der Waals surface area contributed by atoms with E-state index in [0.29, 0.717) is 0 Å². The number of hydrogen-bond acceptors (Lipinski definition) is 12. The van der Waals surface area contributed by atoms with E-state index in [9.17, 15) is 24.5 Å². The molecular formula is C16H24N4O10Si. The van der Waals surface area contributed by atoms with E-state index in [1.54, 1.807) is 0 Å². The minimum atomic E-state index is -2.31. The van der Waals surface area contributed by atoms with Crippen molar-refractivity contribution >= 4 is 32.2 Å². The van der Waals surface area contributed by atoms with Crippen LogP contribution >= 0.6 is 0 Å². The summed E-state index contributed by atoms with van der Waals surface area (Å²) in [4.78, 5) is 48.8. The molecule has 4 atom stereocenters. The third kappa shape index (κ3) is 6.45. The largest absolute Gasteiger partial charge is 0.505 e. The Balaban J connectivity index is 2.52. The van der Waals surface area contributed by atoms with Crippen LogP contribution in [0, 0.1) is 10.1 Å². The van der Waals surface area contributed by atoms with E-state index < -0.39 is 61.6 Å². The molecule has 0 aliphatic carbocycles. The predicted molar refractivity (Wildman–Crippen MR) is 102 cm³/mol. The van der Waals surface area contributed by atoms with Gasteiger partial charge in [-0.1, -0.05) is 0 Å². The number of esters is 3. The molecule has 0 bridgehead atoms. The number of carbonyl (C=O) groups is 3. The first-order valence-corrected chi connectivity index (χ1v) is 12.6. The number of nitrogens with zero attached hydrogens (tertiary/aromatic N) is 4. The smallest absolute Gasteiger partial charge is 0.494 e. The first-order chi connectivity index (χ1) is 14.3. The summed E-state index contributed by atoms with van der Waals surface area (Å²) in [5.74, 6) is -2.81. The molecule has 14 nitrogen and oxygen atoms in total. The molecular weight excluding hydrogens is 436 g/mol. The van der Waals surface area contributed by atoms with Crippen molar-refractivity contribution in [1.29, 1.82) is 0 Å². The Labute approximate surface area is 178 Å². The first kappa shape index (κ1) is 24.2. The molecule has 0 spiro atoms. The molecule has 1 aliphatic heterocycles. The van der Waals surface area contributed by atoms with Gasteiger partial charge < -0.3 is 33.5 Å². The molecule has 0 radical (unpaired) electrons. The van der Waals surface area contributed by atoms with E-state index in [2.05, 4.69) is 10.1 Å². The number of rotatable bonds is 8. The van der Waals surface area contributed by atoms with Crippen LogP contribution in [0.15, 0.2) is 0 Å². The summed E-state index contributed by atoms with van der Waals surface area (Å²) >= 11 is 0. The second-order valence-electron chi connectivity index (χ2n) is 7.63. The van der Waals surface area contributed by atoms with Crippen LogP contribution < -0.4 is 4.43 Å². The molecule has 2 heterocycles. The topological polar surface area (TPSA) is 171 Å². The van der Waals surface area contributed by atoms with E-state index in [0.717, 1.165) is 18.5 Å². The molecule has 1 aliphatic rings. The monoisotopic (exact) mass is 460 g/mol. The fraction of sp³-hybridized carbons (Fsp3) is 0.688. The number of nitro groups is 1. The molecule has 0 N–H and O–H groups in total. The minimum absolute atomic E-state index is 0.220. The van der Waals surface area contributed by atoms with E-state index in [1.165, 1.54) is 6.92 Å². The lowest BCUT2D eigenvalue weighted by Gasteiger charge is -2.23. The van der Waals surface area contributed by atoms with Crippen molar-refractivity contribution in [2.24, 2.45) is 0 Å². The molecule has 1 aromatic rings. The van der Waals surface area contributed by atoms with Crippen molar-refractivity contribution in [3.63, 3.8) is 0 Å². The fourth-order valence-corrected chi connectivity index (χ4v) is 3.46. The number of hydrogen-bond donors (Lipinski definition) is 0. The van der Waals surface area contributed by atoms with Crippen LogP contribution in [-0.4, -0.2) is 70.8 Å². The Morgan fingerprint density at radius 3 is 2.16 bits per heavy atom. The second kappa shape index (κ2) is 9.38. The highest BCUT2D eigenvalue weighted by atomic mass is 28.4. The summed E-state index contributed by atoms with van der Waals surface area (Å²) in [5, 5.41) is 15.0. The van der Waals surface area contributed by atoms with E-state index >= 15 is 0 Å². The Bertz CT molecular complexity index is 867. The van der Waals surface area contributed by atoms with Gasteiger partial charge in [0.1, 0.15) is 12.7 Å². The minimum Gasteiger partial charge on any atom is -0.505 e. The van der Waals surface area contributed by atoms with E-state index in [4.69, 9.17) is 23.4 Å². The summed E-state index contributed by atoms with van der Waals surface area (Å²) in [6.45, 7) is 8.58. The molecule has 1 fully saturated rings. The van der Waals surface area contributed by atoms with Gasteiger partial charge in [0.2, 0.25) is 14.5 Å². The van der Waals surface area contributed by atoms with Crippen molar-refractivity contribution in [2.75, 3.05) is 6.61 Å². The van der Waals surface area contributed by atoms with Gasteiger partial charge in [0.15, 0.2) is 12.2 Å². The summed E-state index contributed by atoms with van der Waals surface area (Å²) in [6, 6.07) is -0.220. The highest BCUT2D eigenvalue weighted by Crippen LogP contribution is 2.37. The Morgan fingerprint density at radius 2 is 1.68 bits per heavy atom. The van der Waals surface area contributed by atoms with Crippen molar-refractivity contribution in [3.8, 4) is 6.01 Å². The van der Waals surface area contributed by atoms with Crippen LogP contribution in [0.1, 0.15) is 27.0 Å². The molecule has 31 heavy (non-hydrogen) atoms. The summed E-state index contributed by atoms with van der Waals surface area (Å²) in [7, 11) is -2.31. The molecule has 2 rings (SSSR count). The maximum atomic E-state index is 11.7. The summed E-state index contributed by atoms with van der Waals surface area (Å²) in [6.07, 6.45) is -4.81. The lowest BCUT2D eigenvalue weighted by Crippen LogP contribution is -2.41. The van der Waals surface area contributed by atoms with Gasteiger partial charge in [-0.05, 0) is 29.5 Å². The normalized spacial score (nSPS) is 23.2. The SMILES string of the molecule is CC(=O)OC[C@H]1O[C@@H](n2nc([N+](=O)[O-])nc2O[Si](C)(C)C)[C@H](OC(C)=O)[C@@H]1OC(C)=O. The molecule has 172 valence electrons. The third-order valence-electron chi connectivity index (χ3n) is 3.73. The van der Waals surface area contributed by atoms with Crippen molar-refractivity contribution in [1.82, 2.24) is 14.8 Å². The van der Waals surface area contributed by atoms with Crippen LogP contribution in [0.5, 0.6) is 6.01 Å². The molecule has 0 saturated carbocycles. The van der Waals surface area contributed by atoms with Crippen molar-refractivity contribution < 1.29 is 42.7 Å². The standard InChI is InChI=1S/C16H24N4O10Si/c1-8(21)26-7-11-12(27-9(2)22)13(28-10(3)23)14(29-11)19-16(30-31(4,5)6)17-15(18-19)20(24)25/h11-14H,7H2,1-6H3/t11-,12-,13-,14-/m1/s1. The average molecular weight is 460 g/mol. The number of aromatic nitrogens is 3. The van der Waals surface area contributed by atoms with Crippen molar-refractivity contribution in [2.45, 2.75) is 65.0 Å². The molecule has 1 saturated heterocycles. The Morgan fingerprint density at radius 1 is 1.10 bits per heavy atom. The van der Waals surface area contributed by atoms with Crippen molar-refractivity contribution in [3.05, 3.63) is 10.1 Å². The molecule has 15 heteroatoms. The maximum Gasteiger partial charge on any atom is 0.494 e. The van der Waals surface area contributed by atoms with Crippen LogP contribution in [-0.2, 0) is 33.3 Å². The highest BCUT2D eigenvalue weighted by molar-refractivity contribution is 6.70. The van der Waals surface area contributed by atoms with Gasteiger partial charge in [-0.3, -0.25) is 14.4 Å². The average Bonchev–Trinajstić information content (AvgIpc) is 3.13. The summed E-state index contributed by atoms with van der Waals surface area (Å²) in [5.41, 5.74) is 0. The maximum absolute atomic E-state index is 11.7.